The number of halogens is 6. The van der Waals surface area contributed by atoms with Crippen LogP contribution in [0.2, 0.25) is 0 Å². The molecule has 0 radical (unpaired) electrons. The van der Waals surface area contributed by atoms with Crippen LogP contribution in [0, 0.1) is 52.2 Å². The fourth-order valence-electron chi connectivity index (χ4n) is 6.84. The zero-order valence-corrected chi connectivity index (χ0v) is 23.1. The van der Waals surface area contributed by atoms with Crippen molar-refractivity contribution < 1.29 is 26.3 Å². The largest absolute Gasteiger partial charge is 0.207 e. The predicted octanol–water partition coefficient (Wildman–Crippen LogP) is 9.52. The summed E-state index contributed by atoms with van der Waals surface area (Å²) in [4.78, 5) is 0. The molecule has 2 aliphatic rings. The molecule has 216 valence electrons. The summed E-state index contributed by atoms with van der Waals surface area (Å²) in [5.41, 5.74) is 1.45. The second kappa shape index (κ2) is 12.3. The Balaban J connectivity index is 1.27. The zero-order chi connectivity index (χ0) is 29.3. The summed E-state index contributed by atoms with van der Waals surface area (Å²) in [5, 5.41) is 8.90. The Morgan fingerprint density at radius 2 is 1.44 bits per heavy atom. The maximum atomic E-state index is 15.7. The SMILES string of the molecule is CCCc1ccc(CCC2CCc3c(F)c(C4CCC(c5cc(F)c(C#N)c(F)c5)CC4)c(F)c(F)c3C2)c(F)c1. The second-order valence-electron chi connectivity index (χ2n) is 11.7. The van der Waals surface area contributed by atoms with Crippen LogP contribution in [0.4, 0.5) is 26.3 Å². The molecular weight excluding hydrogens is 536 g/mol. The molecule has 0 bridgehead atoms. The van der Waals surface area contributed by atoms with E-state index in [2.05, 4.69) is 0 Å². The van der Waals surface area contributed by atoms with Crippen LogP contribution in [-0.2, 0) is 25.7 Å². The van der Waals surface area contributed by atoms with Gasteiger partial charge in [0.2, 0.25) is 0 Å². The first-order valence-electron chi connectivity index (χ1n) is 14.6. The number of aryl methyl sites for hydroxylation is 2. The van der Waals surface area contributed by atoms with Gasteiger partial charge in [-0.25, -0.2) is 26.3 Å². The van der Waals surface area contributed by atoms with Crippen LogP contribution in [0.5, 0.6) is 0 Å². The molecule has 1 fully saturated rings. The van der Waals surface area contributed by atoms with Gasteiger partial charge in [0.25, 0.3) is 0 Å². The van der Waals surface area contributed by atoms with Gasteiger partial charge in [-0.1, -0.05) is 25.5 Å². The molecule has 0 aromatic heterocycles. The van der Waals surface area contributed by atoms with Crippen LogP contribution in [0.25, 0.3) is 0 Å². The summed E-state index contributed by atoms with van der Waals surface area (Å²) >= 11 is 0. The third-order valence-electron chi connectivity index (χ3n) is 9.12. The van der Waals surface area contributed by atoms with Gasteiger partial charge < -0.3 is 0 Å². The molecule has 1 saturated carbocycles. The lowest BCUT2D eigenvalue weighted by molar-refractivity contribution is 0.353. The molecule has 0 N–H and O–H groups in total. The van der Waals surface area contributed by atoms with Crippen LogP contribution >= 0.6 is 0 Å². The Hall–Kier alpha value is -3.27. The maximum Gasteiger partial charge on any atom is 0.165 e. The quantitative estimate of drug-likeness (QED) is 0.205. The molecule has 3 aromatic carbocycles. The third kappa shape index (κ3) is 5.89. The van der Waals surface area contributed by atoms with E-state index in [9.17, 15) is 13.2 Å². The Kier molecular flexibility index (Phi) is 8.77. The number of rotatable bonds is 7. The van der Waals surface area contributed by atoms with Gasteiger partial charge in [-0.3, -0.25) is 0 Å². The normalized spacial score (nSPS) is 20.5. The molecule has 0 spiro atoms. The first kappa shape index (κ1) is 29.2. The van der Waals surface area contributed by atoms with E-state index in [0.29, 0.717) is 62.5 Å². The molecule has 1 nitrogen and oxygen atoms in total. The maximum absolute atomic E-state index is 15.7. The molecule has 5 rings (SSSR count). The average Bonchev–Trinajstić information content (AvgIpc) is 2.96. The average molecular weight is 570 g/mol. The van der Waals surface area contributed by atoms with Crippen LogP contribution < -0.4 is 0 Å². The summed E-state index contributed by atoms with van der Waals surface area (Å²) in [6.07, 6.45) is 5.55. The molecule has 1 unspecified atom stereocenters. The second-order valence-corrected chi connectivity index (χ2v) is 11.7. The molecular formula is C34H33F6N. The highest BCUT2D eigenvalue weighted by Gasteiger charge is 2.35. The summed E-state index contributed by atoms with van der Waals surface area (Å²) in [7, 11) is 0. The Labute approximate surface area is 237 Å². The summed E-state index contributed by atoms with van der Waals surface area (Å²) in [5.74, 6) is -5.65. The van der Waals surface area contributed by atoms with E-state index in [0.717, 1.165) is 30.5 Å². The molecule has 0 amide bonds. The Bertz CT molecular complexity index is 1460. The van der Waals surface area contributed by atoms with E-state index in [1.54, 1.807) is 12.1 Å². The van der Waals surface area contributed by atoms with Crippen molar-refractivity contribution >= 4 is 0 Å². The number of hydrogen-bond donors (Lipinski definition) is 0. The van der Waals surface area contributed by atoms with E-state index in [-0.39, 0.29) is 40.8 Å². The van der Waals surface area contributed by atoms with Crippen molar-refractivity contribution in [2.24, 2.45) is 5.92 Å². The number of hydrogen-bond acceptors (Lipinski definition) is 1. The van der Waals surface area contributed by atoms with Crippen molar-refractivity contribution in [3.63, 3.8) is 0 Å². The summed E-state index contributed by atoms with van der Waals surface area (Å²) in [6.45, 7) is 2.04. The standard InChI is InChI=1S/C34H33F6N/c1-2-3-19-4-7-22(28(35)15-19)8-5-20-6-13-25-26(14-20)33(39)34(40)31(32(25)38)23-11-9-21(10-12-23)24-16-29(36)27(18-41)30(37)17-24/h4,7,15-17,20-21,23H,2-3,5-6,8-14H2,1H3. The van der Waals surface area contributed by atoms with Gasteiger partial charge in [-0.05, 0) is 128 Å². The third-order valence-corrected chi connectivity index (χ3v) is 9.12. The zero-order valence-electron chi connectivity index (χ0n) is 23.1. The molecule has 0 saturated heterocycles. The minimum absolute atomic E-state index is 0.0000183. The van der Waals surface area contributed by atoms with Gasteiger partial charge in [0.1, 0.15) is 34.9 Å². The predicted molar refractivity (Wildman–Crippen MR) is 146 cm³/mol. The van der Waals surface area contributed by atoms with E-state index in [4.69, 9.17) is 5.26 Å². The molecule has 7 heteroatoms. The topological polar surface area (TPSA) is 23.8 Å². The van der Waals surface area contributed by atoms with Gasteiger partial charge in [-0.15, -0.1) is 0 Å². The smallest absolute Gasteiger partial charge is 0.165 e. The van der Waals surface area contributed by atoms with Gasteiger partial charge in [0, 0.05) is 5.56 Å². The molecule has 0 heterocycles. The van der Waals surface area contributed by atoms with Crippen molar-refractivity contribution in [2.75, 3.05) is 0 Å². The van der Waals surface area contributed by atoms with E-state index in [1.807, 2.05) is 13.0 Å². The highest BCUT2D eigenvalue weighted by molar-refractivity contribution is 5.41. The van der Waals surface area contributed by atoms with Crippen molar-refractivity contribution in [3.8, 4) is 6.07 Å². The van der Waals surface area contributed by atoms with Crippen molar-refractivity contribution in [1.29, 1.82) is 5.26 Å². The number of benzene rings is 3. The van der Waals surface area contributed by atoms with E-state index in [1.165, 1.54) is 6.07 Å². The van der Waals surface area contributed by atoms with Gasteiger partial charge in [-0.2, -0.15) is 5.26 Å². The van der Waals surface area contributed by atoms with Crippen molar-refractivity contribution in [1.82, 2.24) is 0 Å². The van der Waals surface area contributed by atoms with Gasteiger partial charge in [0.05, 0.1) is 0 Å². The fraction of sp³-hybridized carbons (Fsp3) is 0.441. The fourth-order valence-corrected chi connectivity index (χ4v) is 6.84. The van der Waals surface area contributed by atoms with Crippen LogP contribution in [0.1, 0.15) is 103 Å². The molecule has 0 aliphatic heterocycles. The first-order chi connectivity index (χ1) is 19.7. The molecule has 41 heavy (non-hydrogen) atoms. The van der Waals surface area contributed by atoms with Crippen LogP contribution in [-0.4, -0.2) is 0 Å². The Morgan fingerprint density at radius 3 is 2.07 bits per heavy atom. The van der Waals surface area contributed by atoms with Gasteiger partial charge in [0.15, 0.2) is 11.6 Å². The van der Waals surface area contributed by atoms with E-state index < -0.39 is 40.6 Å². The van der Waals surface area contributed by atoms with Crippen molar-refractivity contribution in [3.05, 3.63) is 104 Å². The summed E-state index contributed by atoms with van der Waals surface area (Å²) in [6, 6.07) is 9.10. The van der Waals surface area contributed by atoms with Crippen LogP contribution in [0.3, 0.4) is 0 Å². The minimum Gasteiger partial charge on any atom is -0.207 e. The lowest BCUT2D eigenvalue weighted by Crippen LogP contribution is -2.23. The minimum atomic E-state index is -1.14. The monoisotopic (exact) mass is 569 g/mol. The number of fused-ring (bicyclic) bond motifs is 1. The van der Waals surface area contributed by atoms with Crippen molar-refractivity contribution in [2.45, 2.75) is 89.4 Å². The molecule has 1 atom stereocenters. The lowest BCUT2D eigenvalue weighted by atomic mass is 9.73. The summed E-state index contributed by atoms with van der Waals surface area (Å²) < 4.78 is 89.3. The lowest BCUT2D eigenvalue weighted by Gasteiger charge is -2.32. The molecule has 3 aromatic rings. The first-order valence-corrected chi connectivity index (χ1v) is 14.6. The van der Waals surface area contributed by atoms with Crippen LogP contribution in [0.15, 0.2) is 30.3 Å². The number of nitriles is 1. The molecule has 2 aliphatic carbocycles. The Morgan fingerprint density at radius 1 is 0.756 bits per heavy atom. The highest BCUT2D eigenvalue weighted by atomic mass is 19.2. The van der Waals surface area contributed by atoms with E-state index >= 15 is 13.2 Å². The van der Waals surface area contributed by atoms with Gasteiger partial charge >= 0.3 is 0 Å². The highest BCUT2D eigenvalue weighted by Crippen LogP contribution is 2.45. The number of nitrogens with zero attached hydrogens (tertiary/aromatic N) is 1.